The number of carbonyl (C=O) groups is 3. The Bertz CT molecular complexity index is 711. The number of ether oxygens (including phenoxy) is 1. The zero-order valence-electron chi connectivity index (χ0n) is 13.6. The average molecular weight is 484 g/mol. The van der Waals surface area contributed by atoms with Gasteiger partial charge in [0.1, 0.15) is 0 Å². The van der Waals surface area contributed by atoms with Crippen molar-refractivity contribution in [2.75, 3.05) is 17.2 Å². The minimum absolute atomic E-state index is 0.0246. The molecule has 0 saturated carbocycles. The number of esters is 1. The molecule has 2 aromatic carbocycles. The third-order valence-corrected chi connectivity index (χ3v) is 4.23. The van der Waals surface area contributed by atoms with Crippen LogP contribution in [0.2, 0.25) is 0 Å². The van der Waals surface area contributed by atoms with E-state index in [9.17, 15) is 14.4 Å². The van der Waals surface area contributed by atoms with Gasteiger partial charge in [0.15, 0.2) is 6.61 Å². The summed E-state index contributed by atoms with van der Waals surface area (Å²) in [7, 11) is 0. The smallest absolute Gasteiger partial charge is 0.306 e. The molecule has 0 spiro atoms. The largest absolute Gasteiger partial charge is 0.456 e. The van der Waals surface area contributed by atoms with Crippen LogP contribution < -0.4 is 10.6 Å². The summed E-state index contributed by atoms with van der Waals surface area (Å²) in [6.07, 6.45) is -0.128. The molecule has 2 amide bonds. The zero-order chi connectivity index (χ0) is 18.9. The highest BCUT2D eigenvalue weighted by atomic mass is 79.9. The molecule has 2 rings (SSSR count). The molecule has 0 atom stereocenters. The number of hydrogen-bond acceptors (Lipinski definition) is 4. The summed E-state index contributed by atoms with van der Waals surface area (Å²) in [5.74, 6) is -1.36. The average Bonchev–Trinajstić information content (AvgIpc) is 2.62. The number of hydrogen-bond donors (Lipinski definition) is 2. The minimum atomic E-state index is -0.609. The monoisotopic (exact) mass is 482 g/mol. The van der Waals surface area contributed by atoms with E-state index in [1.54, 1.807) is 48.5 Å². The Morgan fingerprint density at radius 3 is 1.69 bits per heavy atom. The Hall–Kier alpha value is -2.19. The van der Waals surface area contributed by atoms with Crippen molar-refractivity contribution < 1.29 is 19.1 Å². The van der Waals surface area contributed by atoms with E-state index in [0.717, 1.165) is 8.95 Å². The van der Waals surface area contributed by atoms with Gasteiger partial charge in [0.05, 0.1) is 6.42 Å². The van der Waals surface area contributed by atoms with E-state index < -0.39 is 18.5 Å². The van der Waals surface area contributed by atoms with E-state index in [0.29, 0.717) is 11.4 Å². The maximum atomic E-state index is 11.8. The van der Waals surface area contributed by atoms with Gasteiger partial charge in [-0.15, -0.1) is 0 Å². The maximum absolute atomic E-state index is 11.8. The van der Waals surface area contributed by atoms with Crippen molar-refractivity contribution in [1.29, 1.82) is 0 Å². The fourth-order valence-corrected chi connectivity index (χ4v) is 2.45. The molecule has 8 heteroatoms. The number of anilines is 2. The van der Waals surface area contributed by atoms with E-state index in [-0.39, 0.29) is 18.7 Å². The molecular weight excluding hydrogens is 468 g/mol. The van der Waals surface area contributed by atoms with Crippen LogP contribution in [0.1, 0.15) is 12.8 Å². The number of nitrogens with one attached hydrogen (secondary N) is 2. The lowest BCUT2D eigenvalue weighted by atomic mass is 10.2. The van der Waals surface area contributed by atoms with Gasteiger partial charge in [0.2, 0.25) is 5.91 Å². The molecule has 0 unspecified atom stereocenters. The van der Waals surface area contributed by atoms with E-state index >= 15 is 0 Å². The predicted molar refractivity (Wildman–Crippen MR) is 106 cm³/mol. The van der Waals surface area contributed by atoms with Crippen LogP contribution in [0.5, 0.6) is 0 Å². The maximum Gasteiger partial charge on any atom is 0.306 e. The van der Waals surface area contributed by atoms with Gasteiger partial charge in [-0.05, 0) is 48.5 Å². The van der Waals surface area contributed by atoms with Crippen molar-refractivity contribution in [3.05, 3.63) is 57.5 Å². The first-order valence-corrected chi connectivity index (χ1v) is 9.27. The SMILES string of the molecule is O=C(CCC(=O)OCC(=O)Nc1ccc(Br)cc1)Nc1ccc(Br)cc1. The van der Waals surface area contributed by atoms with Crippen LogP contribution >= 0.6 is 31.9 Å². The molecule has 0 bridgehead atoms. The van der Waals surface area contributed by atoms with Crippen LogP contribution in [0.25, 0.3) is 0 Å². The van der Waals surface area contributed by atoms with Crippen LogP contribution in [-0.4, -0.2) is 24.4 Å². The van der Waals surface area contributed by atoms with Gasteiger partial charge in [-0.3, -0.25) is 14.4 Å². The van der Waals surface area contributed by atoms with E-state index in [1.807, 2.05) is 0 Å². The number of halogens is 2. The summed E-state index contributed by atoms with van der Waals surface area (Å²) in [4.78, 5) is 35.2. The van der Waals surface area contributed by atoms with Crippen molar-refractivity contribution in [2.45, 2.75) is 12.8 Å². The van der Waals surface area contributed by atoms with Crippen molar-refractivity contribution in [3.8, 4) is 0 Å². The van der Waals surface area contributed by atoms with Crippen LogP contribution in [0.4, 0.5) is 11.4 Å². The van der Waals surface area contributed by atoms with Crippen LogP contribution in [-0.2, 0) is 19.1 Å². The summed E-state index contributed by atoms with van der Waals surface area (Å²) in [6.45, 7) is -0.400. The van der Waals surface area contributed by atoms with Gasteiger partial charge in [-0.25, -0.2) is 0 Å². The Balaban J connectivity index is 1.66. The lowest BCUT2D eigenvalue weighted by Gasteiger charge is -2.07. The summed E-state index contributed by atoms with van der Waals surface area (Å²) in [5, 5.41) is 5.28. The first kappa shape index (κ1) is 20.1. The topological polar surface area (TPSA) is 84.5 Å². The van der Waals surface area contributed by atoms with E-state index in [1.165, 1.54) is 0 Å². The minimum Gasteiger partial charge on any atom is -0.456 e. The number of carbonyl (C=O) groups excluding carboxylic acids is 3. The zero-order valence-corrected chi connectivity index (χ0v) is 16.8. The molecule has 2 N–H and O–H groups in total. The summed E-state index contributed by atoms with van der Waals surface area (Å²) in [6, 6.07) is 14.1. The lowest BCUT2D eigenvalue weighted by Crippen LogP contribution is -2.21. The molecule has 26 heavy (non-hydrogen) atoms. The number of amides is 2. The van der Waals surface area contributed by atoms with Gasteiger partial charge in [-0.1, -0.05) is 31.9 Å². The first-order valence-electron chi connectivity index (χ1n) is 7.69. The highest BCUT2D eigenvalue weighted by Crippen LogP contribution is 2.15. The quantitative estimate of drug-likeness (QED) is 0.580. The third kappa shape index (κ3) is 7.37. The molecule has 0 aliphatic carbocycles. The molecule has 0 fully saturated rings. The third-order valence-electron chi connectivity index (χ3n) is 3.18. The molecule has 6 nitrogen and oxygen atoms in total. The first-order chi connectivity index (χ1) is 12.4. The van der Waals surface area contributed by atoms with Crippen LogP contribution in [0.3, 0.4) is 0 Å². The Morgan fingerprint density at radius 2 is 1.19 bits per heavy atom. The Labute approximate surface area is 167 Å². The van der Waals surface area contributed by atoms with Crippen molar-refractivity contribution in [2.24, 2.45) is 0 Å². The summed E-state index contributed by atoms with van der Waals surface area (Å²) in [5.41, 5.74) is 1.24. The molecular formula is C18H16Br2N2O4. The number of benzene rings is 2. The van der Waals surface area contributed by atoms with Crippen molar-refractivity contribution >= 4 is 61.0 Å². The molecule has 0 radical (unpaired) electrons. The normalized spacial score (nSPS) is 10.1. The molecule has 0 saturated heterocycles. The molecule has 136 valence electrons. The predicted octanol–water partition coefficient (Wildman–Crippen LogP) is 4.11. The second-order valence-corrected chi connectivity index (χ2v) is 7.10. The van der Waals surface area contributed by atoms with E-state index in [4.69, 9.17) is 4.74 Å². The highest BCUT2D eigenvalue weighted by molar-refractivity contribution is 9.10. The molecule has 0 aliphatic heterocycles. The van der Waals surface area contributed by atoms with Crippen LogP contribution in [0, 0.1) is 0 Å². The summed E-state index contributed by atoms with van der Waals surface area (Å²) >= 11 is 6.60. The Kier molecular flexibility index (Phi) is 7.80. The summed E-state index contributed by atoms with van der Waals surface area (Å²) < 4.78 is 6.66. The molecule has 0 aliphatic rings. The molecule has 2 aromatic rings. The fourth-order valence-electron chi connectivity index (χ4n) is 1.92. The van der Waals surface area contributed by atoms with E-state index in [2.05, 4.69) is 42.5 Å². The lowest BCUT2D eigenvalue weighted by molar-refractivity contribution is -0.147. The van der Waals surface area contributed by atoms with Crippen molar-refractivity contribution in [3.63, 3.8) is 0 Å². The standard InChI is InChI=1S/C18H16Br2N2O4/c19-12-1-5-14(6-2-12)21-16(23)9-10-18(25)26-11-17(24)22-15-7-3-13(20)4-8-15/h1-8H,9-11H2,(H,21,23)(H,22,24). The van der Waals surface area contributed by atoms with Crippen LogP contribution in [0.15, 0.2) is 57.5 Å². The van der Waals surface area contributed by atoms with Crippen molar-refractivity contribution in [1.82, 2.24) is 0 Å². The van der Waals surface area contributed by atoms with Gasteiger partial charge in [0.25, 0.3) is 5.91 Å². The second-order valence-electron chi connectivity index (χ2n) is 5.27. The van der Waals surface area contributed by atoms with Gasteiger partial charge in [0, 0.05) is 26.7 Å². The van der Waals surface area contributed by atoms with Gasteiger partial charge < -0.3 is 15.4 Å². The second kappa shape index (κ2) is 10.1. The highest BCUT2D eigenvalue weighted by Gasteiger charge is 2.11. The van der Waals surface area contributed by atoms with Gasteiger partial charge in [-0.2, -0.15) is 0 Å². The Morgan fingerprint density at radius 1 is 0.731 bits per heavy atom. The van der Waals surface area contributed by atoms with Gasteiger partial charge >= 0.3 is 5.97 Å². The molecule has 0 aromatic heterocycles. The fraction of sp³-hybridized carbons (Fsp3) is 0.167. The molecule has 0 heterocycles. The number of rotatable bonds is 7.